The highest BCUT2D eigenvalue weighted by atomic mass is 16.6. The minimum atomic E-state index is -1.33. The van der Waals surface area contributed by atoms with Gasteiger partial charge in [0.15, 0.2) is 17.7 Å². The van der Waals surface area contributed by atoms with Crippen LogP contribution in [0.1, 0.15) is 16.6 Å². The summed E-state index contributed by atoms with van der Waals surface area (Å²) in [5, 5.41) is 36.8. The van der Waals surface area contributed by atoms with Gasteiger partial charge in [-0.3, -0.25) is 9.36 Å². The Bertz CT molecular complexity index is 1090. The van der Waals surface area contributed by atoms with Gasteiger partial charge in [0.2, 0.25) is 0 Å². The Morgan fingerprint density at radius 3 is 2.70 bits per heavy atom. The Morgan fingerprint density at radius 2 is 2.00 bits per heavy atom. The Labute approximate surface area is 168 Å². The van der Waals surface area contributed by atoms with Gasteiger partial charge in [-0.2, -0.15) is 9.97 Å². The average Bonchev–Trinajstić information content (AvgIpc) is 3.30. The number of nitrogens with one attached hydrogen (secondary N) is 1. The highest BCUT2D eigenvalue weighted by Gasteiger charge is 2.44. The van der Waals surface area contributed by atoms with Crippen molar-refractivity contribution in [2.75, 3.05) is 12.3 Å². The summed E-state index contributed by atoms with van der Waals surface area (Å²) in [5.41, 5.74) is 8.94. The van der Waals surface area contributed by atoms with Crippen molar-refractivity contribution in [1.29, 1.82) is 0 Å². The molecule has 0 radical (unpaired) electrons. The molecule has 156 valence electrons. The van der Waals surface area contributed by atoms with Crippen molar-refractivity contribution in [3.8, 4) is 0 Å². The number of rotatable bonds is 5. The highest BCUT2D eigenvalue weighted by molar-refractivity contribution is 5.93. The molecule has 1 aliphatic rings. The first-order valence-corrected chi connectivity index (χ1v) is 8.88. The number of hydrogen-bond donors (Lipinski definition) is 5. The van der Waals surface area contributed by atoms with Crippen LogP contribution in [-0.2, 0) is 4.74 Å². The molecule has 0 saturated carbocycles. The maximum atomic E-state index is 12.0. The fourth-order valence-corrected chi connectivity index (χ4v) is 3.04. The van der Waals surface area contributed by atoms with Crippen LogP contribution in [0.25, 0.3) is 11.2 Å². The minimum absolute atomic E-state index is 0.00571. The van der Waals surface area contributed by atoms with Crippen molar-refractivity contribution in [1.82, 2.24) is 24.9 Å². The summed E-state index contributed by atoms with van der Waals surface area (Å²) in [4.78, 5) is 24.2. The van der Waals surface area contributed by atoms with E-state index >= 15 is 0 Å². The number of aliphatic hydroxyl groups is 3. The van der Waals surface area contributed by atoms with Crippen molar-refractivity contribution >= 4 is 28.8 Å². The summed E-state index contributed by atoms with van der Waals surface area (Å²) in [6, 6.07) is 8.43. The number of nitrogens with two attached hydrogens (primary N) is 1. The molecule has 0 aliphatic carbocycles. The fraction of sp³-hybridized carbons (Fsp3) is 0.294. The number of nitrogen functional groups attached to an aromatic ring is 1. The van der Waals surface area contributed by atoms with Crippen LogP contribution >= 0.6 is 0 Å². The molecule has 4 atom stereocenters. The Hall–Kier alpha value is -3.52. The van der Waals surface area contributed by atoms with Gasteiger partial charge in [0.25, 0.3) is 11.9 Å². The van der Waals surface area contributed by atoms with Gasteiger partial charge < -0.3 is 25.8 Å². The van der Waals surface area contributed by atoms with Crippen LogP contribution in [0.5, 0.6) is 0 Å². The lowest BCUT2D eigenvalue weighted by Gasteiger charge is -2.16. The largest absolute Gasteiger partial charge is 0.394 e. The van der Waals surface area contributed by atoms with E-state index in [1.165, 1.54) is 10.9 Å². The van der Waals surface area contributed by atoms with Crippen molar-refractivity contribution in [3.63, 3.8) is 0 Å². The normalized spacial score (nSPS) is 24.0. The highest BCUT2D eigenvalue weighted by Crippen LogP contribution is 2.32. The van der Waals surface area contributed by atoms with Crippen molar-refractivity contribution in [2.24, 2.45) is 10.3 Å². The second-order valence-corrected chi connectivity index (χ2v) is 6.47. The van der Waals surface area contributed by atoms with E-state index in [4.69, 9.17) is 10.5 Å². The summed E-state index contributed by atoms with van der Waals surface area (Å²) >= 11 is 0. The lowest BCUT2D eigenvalue weighted by molar-refractivity contribution is -0.0511. The fourth-order valence-electron chi connectivity index (χ4n) is 3.04. The number of nitrogens with zero attached hydrogens (tertiary/aromatic N) is 6. The van der Waals surface area contributed by atoms with E-state index in [1.807, 2.05) is 0 Å². The quantitative estimate of drug-likeness (QED) is 0.269. The lowest BCUT2D eigenvalue weighted by atomic mass is 10.1. The van der Waals surface area contributed by atoms with E-state index in [0.717, 1.165) is 0 Å². The second-order valence-electron chi connectivity index (χ2n) is 6.47. The van der Waals surface area contributed by atoms with E-state index in [1.54, 1.807) is 30.3 Å². The van der Waals surface area contributed by atoms with Crippen LogP contribution in [0, 0.1) is 0 Å². The SMILES string of the molecule is Nc1nc(/N=N/NC(=O)c2ccccc2)nc2c1ncn2[C@@H]1O[C@H](CO)[C@@H](O)[C@H]1O. The number of hydrogen-bond acceptors (Lipinski definition) is 11. The van der Waals surface area contributed by atoms with Gasteiger partial charge in [-0.25, -0.2) is 10.4 Å². The zero-order chi connectivity index (χ0) is 21.3. The number of ether oxygens (including phenoxy) is 1. The van der Waals surface area contributed by atoms with Crippen LogP contribution in [0.3, 0.4) is 0 Å². The number of imidazole rings is 1. The Kier molecular flexibility index (Phi) is 5.33. The van der Waals surface area contributed by atoms with Gasteiger partial charge in [0.1, 0.15) is 23.8 Å². The van der Waals surface area contributed by atoms with Gasteiger partial charge >= 0.3 is 0 Å². The molecule has 0 unspecified atom stereocenters. The third kappa shape index (κ3) is 3.57. The second kappa shape index (κ2) is 8.08. The molecule has 30 heavy (non-hydrogen) atoms. The molecule has 13 nitrogen and oxygen atoms in total. The van der Waals surface area contributed by atoms with Crippen LogP contribution in [-0.4, -0.2) is 65.7 Å². The minimum Gasteiger partial charge on any atom is -0.394 e. The first-order chi connectivity index (χ1) is 14.5. The van der Waals surface area contributed by atoms with E-state index in [2.05, 4.69) is 30.7 Å². The van der Waals surface area contributed by atoms with E-state index in [0.29, 0.717) is 5.56 Å². The molecule has 0 bridgehead atoms. The van der Waals surface area contributed by atoms with Crippen molar-refractivity contribution in [3.05, 3.63) is 42.2 Å². The van der Waals surface area contributed by atoms with Crippen LogP contribution in [0.2, 0.25) is 0 Å². The van der Waals surface area contributed by atoms with Gasteiger partial charge in [-0.15, -0.1) is 0 Å². The van der Waals surface area contributed by atoms with Gasteiger partial charge in [-0.05, 0) is 12.1 Å². The van der Waals surface area contributed by atoms with Crippen molar-refractivity contribution < 1.29 is 24.9 Å². The lowest BCUT2D eigenvalue weighted by Crippen LogP contribution is -2.33. The number of aliphatic hydroxyl groups excluding tert-OH is 3. The van der Waals surface area contributed by atoms with E-state index in [-0.39, 0.29) is 22.9 Å². The van der Waals surface area contributed by atoms with Gasteiger partial charge in [0, 0.05) is 5.56 Å². The Balaban J connectivity index is 1.59. The first kappa shape index (κ1) is 19.8. The number of fused-ring (bicyclic) bond motifs is 1. The van der Waals surface area contributed by atoms with Gasteiger partial charge in [0.05, 0.1) is 12.9 Å². The summed E-state index contributed by atoms with van der Waals surface area (Å²) in [6.45, 7) is -0.473. The van der Waals surface area contributed by atoms with Crippen LogP contribution < -0.4 is 11.2 Å². The molecular formula is C17H18N8O5. The van der Waals surface area contributed by atoms with Crippen LogP contribution in [0.4, 0.5) is 11.8 Å². The zero-order valence-electron chi connectivity index (χ0n) is 15.4. The number of benzene rings is 1. The summed E-state index contributed by atoms with van der Waals surface area (Å²) in [5.74, 6) is -0.638. The topological polar surface area (TPSA) is 193 Å². The first-order valence-electron chi connectivity index (χ1n) is 8.88. The molecule has 1 saturated heterocycles. The summed E-state index contributed by atoms with van der Waals surface area (Å²) in [6.07, 6.45) is -3.32. The monoisotopic (exact) mass is 414 g/mol. The number of aromatic nitrogens is 4. The maximum absolute atomic E-state index is 12.0. The van der Waals surface area contributed by atoms with E-state index < -0.39 is 37.1 Å². The maximum Gasteiger partial charge on any atom is 0.274 e. The molecule has 6 N–H and O–H groups in total. The molecule has 0 spiro atoms. The predicted octanol–water partition coefficient (Wildman–Crippen LogP) is -0.551. The third-order valence-corrected chi connectivity index (χ3v) is 4.55. The van der Waals surface area contributed by atoms with Crippen LogP contribution in [0.15, 0.2) is 47.0 Å². The van der Waals surface area contributed by atoms with Crippen molar-refractivity contribution in [2.45, 2.75) is 24.5 Å². The summed E-state index contributed by atoms with van der Waals surface area (Å²) in [7, 11) is 0. The number of carbonyl (C=O) groups excluding carboxylic acids is 1. The molecule has 1 aromatic carbocycles. The molecule has 3 heterocycles. The number of carbonyl (C=O) groups is 1. The molecule has 1 aliphatic heterocycles. The third-order valence-electron chi connectivity index (χ3n) is 4.55. The van der Waals surface area contributed by atoms with E-state index in [9.17, 15) is 20.1 Å². The summed E-state index contributed by atoms with van der Waals surface area (Å²) < 4.78 is 6.84. The van der Waals surface area contributed by atoms with Gasteiger partial charge in [-0.1, -0.05) is 28.5 Å². The molecule has 2 aromatic heterocycles. The molecule has 4 rings (SSSR count). The standard InChI is InChI=1S/C17H18N8O5/c18-13-10-14(25(7-19-10)16-12(28)11(27)9(6-26)30-16)21-17(20-13)23-24-22-15(29)8-4-2-1-3-5-8/h1-5,7,9,11-12,16,26-28H,6H2,(H3,18,20,21,22,23,29)/t9-,11-,12-,16-/m1/s1. The Morgan fingerprint density at radius 1 is 1.23 bits per heavy atom. The zero-order valence-corrected chi connectivity index (χ0v) is 15.4. The molecule has 3 aromatic rings. The number of anilines is 1. The predicted molar refractivity (Wildman–Crippen MR) is 101 cm³/mol. The number of amides is 1. The molecule has 13 heteroatoms. The molecule has 1 amide bonds. The molecular weight excluding hydrogens is 396 g/mol. The smallest absolute Gasteiger partial charge is 0.274 e. The average molecular weight is 414 g/mol. The molecule has 1 fully saturated rings.